The minimum atomic E-state index is 0. The van der Waals surface area contributed by atoms with E-state index >= 15 is 0 Å². The Balaban J connectivity index is -0.000000233. The van der Waals surface area contributed by atoms with E-state index in [0.717, 1.165) is 15.7 Å². The van der Waals surface area contributed by atoms with Crippen LogP contribution in [0.15, 0.2) is 0 Å². The van der Waals surface area contributed by atoms with Crippen molar-refractivity contribution in [1.29, 1.82) is 0 Å². The van der Waals surface area contributed by atoms with Gasteiger partial charge in [-0.25, -0.2) is 0 Å². The van der Waals surface area contributed by atoms with Crippen molar-refractivity contribution in [3.8, 4) is 0 Å². The summed E-state index contributed by atoms with van der Waals surface area (Å²) < 4.78 is 0. The third-order valence-electron chi connectivity index (χ3n) is 2.99. The smallest absolute Gasteiger partial charge is 1.00 e. The van der Waals surface area contributed by atoms with Crippen molar-refractivity contribution in [2.24, 2.45) is 0 Å². The molecule has 0 fully saturated rings. The van der Waals surface area contributed by atoms with Crippen molar-refractivity contribution < 1.29 is 51.0 Å². The Kier molecular flexibility index (Phi) is 16.9. The maximum atomic E-state index is 2.23. The minimum Gasteiger partial charge on any atom is -1.00 e. The number of rotatable bonds is 0. The zero-order valence-electron chi connectivity index (χ0n) is 12.2. The standard InChI is InChI=1S/2C6H10P2.2ClH.Zr/c2*1-4-5(2)7-8-6(4)3;;;/h2*7H,1-3H3;2*1H;/q;;;;+2/p-2. The van der Waals surface area contributed by atoms with Gasteiger partial charge < -0.3 is 24.8 Å². The fourth-order valence-electron chi connectivity index (χ4n) is 1.21. The van der Waals surface area contributed by atoms with E-state index in [2.05, 4.69) is 41.5 Å². The number of aryl methyl sites for hydroxylation is 4. The predicted octanol–water partition coefficient (Wildman–Crippen LogP) is 0.452. The Bertz CT molecular complexity index is 397. The van der Waals surface area contributed by atoms with Crippen LogP contribution in [-0.2, 0) is 26.2 Å². The molecule has 0 nitrogen and oxygen atoms in total. The molecule has 0 saturated carbocycles. The molecular formula is C12H20Cl2P4Zr. The Morgan fingerprint density at radius 1 is 0.632 bits per heavy atom. The fourth-order valence-corrected chi connectivity index (χ4v) is 7.50. The topological polar surface area (TPSA) is 0 Å². The van der Waals surface area contributed by atoms with Crippen molar-refractivity contribution in [3.63, 3.8) is 0 Å². The molecule has 0 aromatic carbocycles. The molecule has 2 aromatic heterocycles. The molecule has 19 heavy (non-hydrogen) atoms. The van der Waals surface area contributed by atoms with Crippen molar-refractivity contribution >= 4 is 31.5 Å². The van der Waals surface area contributed by atoms with Crippen LogP contribution in [0.5, 0.6) is 0 Å². The second kappa shape index (κ2) is 12.4. The van der Waals surface area contributed by atoms with E-state index in [9.17, 15) is 0 Å². The largest absolute Gasteiger partial charge is 2.00 e. The first-order chi connectivity index (χ1) is 7.43. The summed E-state index contributed by atoms with van der Waals surface area (Å²) in [4.78, 5) is 0. The molecule has 0 aliphatic rings. The van der Waals surface area contributed by atoms with Crippen molar-refractivity contribution in [2.45, 2.75) is 41.5 Å². The van der Waals surface area contributed by atoms with Crippen LogP contribution in [0.2, 0.25) is 0 Å². The molecule has 2 aromatic rings. The van der Waals surface area contributed by atoms with E-state index in [-0.39, 0.29) is 51.0 Å². The van der Waals surface area contributed by atoms with Gasteiger partial charge in [-0.1, -0.05) is 15.7 Å². The summed E-state index contributed by atoms with van der Waals surface area (Å²) in [6.45, 7) is 13.4. The van der Waals surface area contributed by atoms with Crippen LogP contribution in [0.3, 0.4) is 0 Å². The molecule has 2 atom stereocenters. The van der Waals surface area contributed by atoms with E-state index in [1.54, 1.807) is 48.0 Å². The first kappa shape index (κ1) is 25.8. The van der Waals surface area contributed by atoms with Crippen LogP contribution in [0, 0.1) is 41.5 Å². The molecular weight excluding hydrogens is 430 g/mol. The average molecular weight is 450 g/mol. The van der Waals surface area contributed by atoms with Gasteiger partial charge in [0, 0.05) is 0 Å². The van der Waals surface area contributed by atoms with Crippen LogP contribution in [-0.4, -0.2) is 0 Å². The van der Waals surface area contributed by atoms with E-state index in [0.29, 0.717) is 0 Å². The third-order valence-corrected chi connectivity index (χ3v) is 10.7. The Morgan fingerprint density at radius 3 is 0.947 bits per heavy atom. The summed E-state index contributed by atoms with van der Waals surface area (Å²) in [7, 11) is 5.21. The molecule has 0 spiro atoms. The molecule has 2 rings (SSSR count). The van der Waals surface area contributed by atoms with Crippen molar-refractivity contribution in [3.05, 3.63) is 32.3 Å². The van der Waals surface area contributed by atoms with Crippen LogP contribution in [0.4, 0.5) is 0 Å². The number of hydrogen-bond donors (Lipinski definition) is 0. The SMILES string of the molecule is Cc1p[pH]c(C)c1C.Cc1p[pH]c(C)c1C.[Cl-].[Cl-].[Zr+2]. The number of halogens is 2. The minimum absolute atomic E-state index is 0. The van der Waals surface area contributed by atoms with E-state index in [1.807, 2.05) is 0 Å². The molecule has 0 saturated heterocycles. The van der Waals surface area contributed by atoms with Gasteiger partial charge in [0.25, 0.3) is 0 Å². The van der Waals surface area contributed by atoms with Crippen LogP contribution in [0.25, 0.3) is 0 Å². The van der Waals surface area contributed by atoms with Gasteiger partial charge >= 0.3 is 26.2 Å². The molecule has 0 amide bonds. The van der Waals surface area contributed by atoms with E-state index < -0.39 is 0 Å². The predicted molar refractivity (Wildman–Crippen MR) is 85.3 cm³/mol. The van der Waals surface area contributed by atoms with Gasteiger partial charge in [0.2, 0.25) is 0 Å². The quantitative estimate of drug-likeness (QED) is 0.547. The van der Waals surface area contributed by atoms with Crippen molar-refractivity contribution in [2.75, 3.05) is 0 Å². The van der Waals surface area contributed by atoms with E-state index in [4.69, 9.17) is 0 Å². The molecule has 7 heteroatoms. The Morgan fingerprint density at radius 2 is 0.895 bits per heavy atom. The monoisotopic (exact) mass is 448 g/mol. The van der Waals surface area contributed by atoms with Gasteiger partial charge in [-0.3, -0.25) is 0 Å². The Labute approximate surface area is 155 Å². The molecule has 2 heterocycles. The van der Waals surface area contributed by atoms with Crippen molar-refractivity contribution in [1.82, 2.24) is 0 Å². The van der Waals surface area contributed by atoms with E-state index in [1.165, 1.54) is 0 Å². The third kappa shape index (κ3) is 8.18. The summed E-state index contributed by atoms with van der Waals surface area (Å²) in [5.74, 6) is 0. The summed E-state index contributed by atoms with van der Waals surface area (Å²) >= 11 is 0. The second-order valence-electron chi connectivity index (χ2n) is 4.12. The maximum absolute atomic E-state index is 2.23. The summed E-state index contributed by atoms with van der Waals surface area (Å²) in [6, 6.07) is 0. The molecule has 0 aliphatic carbocycles. The second-order valence-corrected chi connectivity index (χ2v) is 10.5. The average Bonchev–Trinajstić information content (AvgIpc) is 2.70. The molecule has 0 bridgehead atoms. The molecule has 0 N–H and O–H groups in total. The molecule has 2 unspecified atom stereocenters. The maximum Gasteiger partial charge on any atom is 2.00 e. The van der Waals surface area contributed by atoms with Crippen LogP contribution >= 0.6 is 31.5 Å². The summed E-state index contributed by atoms with van der Waals surface area (Å²) in [6.07, 6.45) is 0. The van der Waals surface area contributed by atoms with Gasteiger partial charge in [0.05, 0.1) is 0 Å². The van der Waals surface area contributed by atoms with Gasteiger partial charge in [-0.2, -0.15) is 0 Å². The van der Waals surface area contributed by atoms with Gasteiger partial charge in [-0.15, -0.1) is 15.7 Å². The number of hydrogen-bond acceptors (Lipinski definition) is 0. The van der Waals surface area contributed by atoms with Gasteiger partial charge in [-0.05, 0) is 73.9 Å². The first-order valence-electron chi connectivity index (χ1n) is 5.39. The zero-order valence-corrected chi connectivity index (χ0v) is 19.9. The fraction of sp³-hybridized carbons (Fsp3) is 0.500. The first-order valence-corrected chi connectivity index (χ1v) is 10.9. The Hall–Kier alpha value is 1.88. The molecule has 106 valence electrons. The summed E-state index contributed by atoms with van der Waals surface area (Å²) in [5, 5.41) is 6.34. The summed E-state index contributed by atoms with van der Waals surface area (Å²) in [5.41, 5.74) is 3.09. The zero-order chi connectivity index (χ0) is 12.3. The normalized spacial score (nSPS) is 10.0. The van der Waals surface area contributed by atoms with Crippen LogP contribution < -0.4 is 24.8 Å². The van der Waals surface area contributed by atoms with Gasteiger partial charge in [0.15, 0.2) is 0 Å². The van der Waals surface area contributed by atoms with Crippen LogP contribution in [0.1, 0.15) is 32.3 Å². The molecule has 0 aliphatic heterocycles. The van der Waals surface area contributed by atoms with Gasteiger partial charge in [0.1, 0.15) is 0 Å². The molecule has 0 radical (unpaired) electrons.